The second-order valence-corrected chi connectivity index (χ2v) is 4.19. The first kappa shape index (κ1) is 14.2. The third-order valence-corrected chi connectivity index (χ3v) is 2.86. The smallest absolute Gasteiger partial charge is 0.168 e. The molecule has 0 saturated carbocycles. The number of aliphatic hydroxyl groups excluding tert-OH is 1. The number of halogens is 2. The maximum atomic E-state index is 13.7. The highest BCUT2D eigenvalue weighted by atomic mass is 19.1. The van der Waals surface area contributed by atoms with E-state index in [9.17, 15) is 13.9 Å². The third-order valence-electron chi connectivity index (χ3n) is 2.86. The molecule has 3 N–H and O–H groups in total. The first-order valence-electron chi connectivity index (χ1n) is 6.12. The molecule has 0 radical (unpaired) electrons. The summed E-state index contributed by atoms with van der Waals surface area (Å²) in [7, 11) is 1.49. The van der Waals surface area contributed by atoms with Gasteiger partial charge in [0.1, 0.15) is 0 Å². The van der Waals surface area contributed by atoms with E-state index in [1.54, 1.807) is 12.1 Å². The zero-order valence-corrected chi connectivity index (χ0v) is 10.9. The Morgan fingerprint density at radius 2 is 1.80 bits per heavy atom. The predicted molar refractivity (Wildman–Crippen MR) is 73.6 cm³/mol. The van der Waals surface area contributed by atoms with Crippen molar-refractivity contribution in [2.45, 2.75) is 6.04 Å². The quantitative estimate of drug-likeness (QED) is 0.787. The second-order valence-electron chi connectivity index (χ2n) is 4.19. The molecule has 106 valence electrons. The number of nitrogens with one attached hydrogen (secondary N) is 2. The molecule has 2 rings (SSSR count). The van der Waals surface area contributed by atoms with Crippen LogP contribution in [-0.4, -0.2) is 23.7 Å². The largest absolute Gasteiger partial charge is 0.394 e. The van der Waals surface area contributed by atoms with Crippen LogP contribution in [0.5, 0.6) is 0 Å². The molecule has 0 aliphatic carbocycles. The summed E-state index contributed by atoms with van der Waals surface area (Å²) in [4.78, 5) is 3.82. The van der Waals surface area contributed by atoms with Gasteiger partial charge in [-0.05, 0) is 5.56 Å². The standard InChI is InChI=1S/C14H15F2N3O/c1-17-13-10(15)7-11(16)14(19-13)18-12(8-20)9-5-3-2-4-6-9/h2-7,12,20H,8H2,1H3,(H2,17,18,19). The van der Waals surface area contributed by atoms with E-state index in [2.05, 4.69) is 15.6 Å². The van der Waals surface area contributed by atoms with Crippen LogP contribution in [-0.2, 0) is 0 Å². The summed E-state index contributed by atoms with van der Waals surface area (Å²) in [6.07, 6.45) is 0. The Morgan fingerprint density at radius 3 is 2.40 bits per heavy atom. The van der Waals surface area contributed by atoms with Gasteiger partial charge < -0.3 is 15.7 Å². The zero-order chi connectivity index (χ0) is 14.5. The number of aliphatic hydroxyl groups is 1. The molecular formula is C14H15F2N3O. The van der Waals surface area contributed by atoms with Crippen LogP contribution in [0.25, 0.3) is 0 Å². The first-order chi connectivity index (χ1) is 9.65. The molecule has 1 aromatic carbocycles. The van der Waals surface area contributed by atoms with E-state index in [4.69, 9.17) is 0 Å². The summed E-state index contributed by atoms with van der Waals surface area (Å²) in [5.74, 6) is -1.75. The first-order valence-corrected chi connectivity index (χ1v) is 6.12. The van der Waals surface area contributed by atoms with Crippen molar-refractivity contribution in [2.24, 2.45) is 0 Å². The van der Waals surface area contributed by atoms with E-state index in [-0.39, 0.29) is 18.2 Å². The maximum Gasteiger partial charge on any atom is 0.168 e. The van der Waals surface area contributed by atoms with Gasteiger partial charge in [-0.25, -0.2) is 13.8 Å². The molecule has 0 saturated heterocycles. The molecule has 4 nitrogen and oxygen atoms in total. The molecule has 0 spiro atoms. The van der Waals surface area contributed by atoms with Crippen molar-refractivity contribution in [1.29, 1.82) is 0 Å². The van der Waals surface area contributed by atoms with Gasteiger partial charge in [-0.3, -0.25) is 0 Å². The Kier molecular flexibility index (Phi) is 4.47. The lowest BCUT2D eigenvalue weighted by atomic mass is 10.1. The van der Waals surface area contributed by atoms with Crippen molar-refractivity contribution in [3.63, 3.8) is 0 Å². The highest BCUT2D eigenvalue weighted by molar-refractivity contribution is 5.48. The predicted octanol–water partition coefficient (Wildman–Crippen LogP) is 2.55. The fraction of sp³-hybridized carbons (Fsp3) is 0.214. The highest BCUT2D eigenvalue weighted by Gasteiger charge is 2.16. The molecule has 1 heterocycles. The Balaban J connectivity index is 2.28. The van der Waals surface area contributed by atoms with Crippen LogP contribution in [0.1, 0.15) is 11.6 Å². The van der Waals surface area contributed by atoms with Crippen LogP contribution < -0.4 is 10.6 Å². The van der Waals surface area contributed by atoms with E-state index in [0.717, 1.165) is 11.6 Å². The molecular weight excluding hydrogens is 264 g/mol. The van der Waals surface area contributed by atoms with Crippen LogP contribution >= 0.6 is 0 Å². The van der Waals surface area contributed by atoms with Gasteiger partial charge in [-0.1, -0.05) is 30.3 Å². The van der Waals surface area contributed by atoms with E-state index in [0.29, 0.717) is 0 Å². The minimum absolute atomic E-state index is 0.0568. The second kappa shape index (κ2) is 6.29. The molecule has 0 fully saturated rings. The number of pyridine rings is 1. The molecule has 0 aliphatic heterocycles. The van der Waals surface area contributed by atoms with Crippen molar-refractivity contribution in [1.82, 2.24) is 4.98 Å². The third kappa shape index (κ3) is 3.03. The number of benzene rings is 1. The number of anilines is 2. The lowest BCUT2D eigenvalue weighted by molar-refractivity contribution is 0.276. The molecule has 20 heavy (non-hydrogen) atoms. The summed E-state index contributed by atoms with van der Waals surface area (Å²) < 4.78 is 27.0. The minimum atomic E-state index is -0.809. The van der Waals surface area contributed by atoms with Gasteiger partial charge >= 0.3 is 0 Å². The summed E-state index contributed by atoms with van der Waals surface area (Å²) in [5, 5.41) is 14.7. The van der Waals surface area contributed by atoms with Gasteiger partial charge in [0.25, 0.3) is 0 Å². The number of hydrogen-bond donors (Lipinski definition) is 3. The van der Waals surface area contributed by atoms with Gasteiger partial charge in [-0.15, -0.1) is 0 Å². The van der Waals surface area contributed by atoms with E-state index >= 15 is 0 Å². The number of hydrogen-bond acceptors (Lipinski definition) is 4. The Labute approximate surface area is 115 Å². The fourth-order valence-corrected chi connectivity index (χ4v) is 1.83. The van der Waals surface area contributed by atoms with Gasteiger partial charge in [-0.2, -0.15) is 0 Å². The lowest BCUT2D eigenvalue weighted by Crippen LogP contribution is -2.17. The summed E-state index contributed by atoms with van der Waals surface area (Å²) in [6, 6.07) is 9.30. The van der Waals surface area contributed by atoms with Gasteiger partial charge in [0, 0.05) is 13.1 Å². The average molecular weight is 279 g/mol. The average Bonchev–Trinajstić information content (AvgIpc) is 2.47. The van der Waals surface area contributed by atoms with Crippen molar-refractivity contribution >= 4 is 11.6 Å². The van der Waals surface area contributed by atoms with Crippen molar-refractivity contribution < 1.29 is 13.9 Å². The van der Waals surface area contributed by atoms with Crippen molar-refractivity contribution in [3.05, 3.63) is 53.6 Å². The Morgan fingerprint density at radius 1 is 1.15 bits per heavy atom. The van der Waals surface area contributed by atoms with E-state index < -0.39 is 17.7 Å². The Hall–Kier alpha value is -2.21. The highest BCUT2D eigenvalue weighted by Crippen LogP contribution is 2.23. The fourth-order valence-electron chi connectivity index (χ4n) is 1.83. The molecule has 1 aromatic heterocycles. The van der Waals surface area contributed by atoms with Crippen molar-refractivity contribution in [3.8, 4) is 0 Å². The number of nitrogens with zero attached hydrogens (tertiary/aromatic N) is 1. The topological polar surface area (TPSA) is 57.2 Å². The molecule has 0 bridgehead atoms. The van der Waals surface area contributed by atoms with Crippen LogP contribution in [0.3, 0.4) is 0 Å². The molecule has 2 aromatic rings. The number of aromatic nitrogens is 1. The van der Waals surface area contributed by atoms with Gasteiger partial charge in [0.2, 0.25) is 0 Å². The molecule has 0 aliphatic rings. The Bertz CT molecular complexity index is 578. The van der Waals surface area contributed by atoms with E-state index in [1.807, 2.05) is 18.2 Å². The summed E-state index contributed by atoms with van der Waals surface area (Å²) in [5.41, 5.74) is 0.784. The minimum Gasteiger partial charge on any atom is -0.394 e. The molecule has 1 atom stereocenters. The summed E-state index contributed by atoms with van der Waals surface area (Å²) in [6.45, 7) is -0.239. The lowest BCUT2D eigenvalue weighted by Gasteiger charge is -2.18. The van der Waals surface area contributed by atoms with Crippen LogP contribution in [0.4, 0.5) is 20.4 Å². The maximum absolute atomic E-state index is 13.7. The number of rotatable bonds is 5. The molecule has 6 heteroatoms. The van der Waals surface area contributed by atoms with Crippen LogP contribution in [0.2, 0.25) is 0 Å². The van der Waals surface area contributed by atoms with Crippen molar-refractivity contribution in [2.75, 3.05) is 24.3 Å². The van der Waals surface area contributed by atoms with Crippen LogP contribution in [0.15, 0.2) is 36.4 Å². The SMILES string of the molecule is CNc1nc(NC(CO)c2ccccc2)c(F)cc1F. The summed E-state index contributed by atoms with van der Waals surface area (Å²) >= 11 is 0. The van der Waals surface area contributed by atoms with Crippen LogP contribution in [0, 0.1) is 11.6 Å². The molecule has 0 amide bonds. The normalized spacial score (nSPS) is 12.0. The molecule has 1 unspecified atom stereocenters. The monoisotopic (exact) mass is 279 g/mol. The van der Waals surface area contributed by atoms with Gasteiger partial charge in [0.05, 0.1) is 12.6 Å². The zero-order valence-electron chi connectivity index (χ0n) is 10.9. The van der Waals surface area contributed by atoms with E-state index in [1.165, 1.54) is 7.05 Å². The van der Waals surface area contributed by atoms with Gasteiger partial charge in [0.15, 0.2) is 23.3 Å².